The van der Waals surface area contributed by atoms with E-state index in [-0.39, 0.29) is 0 Å². The Kier molecular flexibility index (Phi) is 3.39. The summed E-state index contributed by atoms with van der Waals surface area (Å²) in [4.78, 5) is 10.4. The number of rotatable bonds is 2. The quantitative estimate of drug-likeness (QED) is 0.648. The molecule has 86 valence electrons. The van der Waals surface area contributed by atoms with Gasteiger partial charge in [-0.2, -0.15) is 5.10 Å². The van der Waals surface area contributed by atoms with E-state index in [1.807, 2.05) is 36.4 Å². The Morgan fingerprint density at radius 3 is 2.94 bits per heavy atom. The number of nitrogens with two attached hydrogens (primary N) is 1. The van der Waals surface area contributed by atoms with Gasteiger partial charge in [0.2, 0.25) is 0 Å². The van der Waals surface area contributed by atoms with Gasteiger partial charge in [0.15, 0.2) is 0 Å². The minimum Gasteiger partial charge on any atom is -0.350 e. The van der Waals surface area contributed by atoms with Gasteiger partial charge in [-0.25, -0.2) is 10.2 Å². The lowest BCUT2D eigenvalue weighted by Crippen LogP contribution is -2.24. The molecular weight excluding hydrogens is 282 g/mol. The van der Waals surface area contributed by atoms with Gasteiger partial charge >= 0.3 is 6.03 Å². The molecule has 0 bridgehead atoms. The number of carbonyl (C=O) groups excluding carboxylic acids is 1. The molecule has 0 fully saturated rings. The number of benzene rings is 2. The molecule has 0 aliphatic rings. The highest BCUT2D eigenvalue weighted by atomic mass is 79.9. The van der Waals surface area contributed by atoms with Gasteiger partial charge in [-0.15, -0.1) is 0 Å². The van der Waals surface area contributed by atoms with Crippen molar-refractivity contribution in [2.75, 3.05) is 0 Å². The zero-order valence-corrected chi connectivity index (χ0v) is 10.4. The second kappa shape index (κ2) is 4.97. The summed E-state index contributed by atoms with van der Waals surface area (Å²) < 4.78 is 1.05. The Balaban J connectivity index is 2.32. The zero-order valence-electron chi connectivity index (χ0n) is 8.85. The standard InChI is InChI=1S/C12H10BrN3O/c13-11-3-1-2-9-6-8(4-5-10(9)11)7-15-16-12(14)17/h1-7H,(H3,14,16,17). The van der Waals surface area contributed by atoms with Crippen molar-refractivity contribution >= 4 is 38.9 Å². The topological polar surface area (TPSA) is 67.5 Å². The molecule has 0 atom stereocenters. The summed E-state index contributed by atoms with van der Waals surface area (Å²) in [5, 5.41) is 5.94. The van der Waals surface area contributed by atoms with Crippen LogP contribution in [0.15, 0.2) is 46.0 Å². The molecule has 0 aliphatic heterocycles. The number of nitrogens with zero attached hydrogens (tertiary/aromatic N) is 1. The largest absolute Gasteiger partial charge is 0.350 e. The minimum absolute atomic E-state index is 0.676. The van der Waals surface area contributed by atoms with Gasteiger partial charge in [0.25, 0.3) is 0 Å². The molecule has 0 heterocycles. The normalized spacial score (nSPS) is 10.9. The second-order valence-electron chi connectivity index (χ2n) is 3.45. The Bertz CT molecular complexity index is 595. The van der Waals surface area contributed by atoms with Gasteiger partial charge in [-0.05, 0) is 28.5 Å². The average Bonchev–Trinajstić information content (AvgIpc) is 2.29. The third-order valence-corrected chi connectivity index (χ3v) is 2.93. The van der Waals surface area contributed by atoms with Crippen molar-refractivity contribution in [2.24, 2.45) is 10.8 Å². The molecule has 2 amide bonds. The monoisotopic (exact) mass is 291 g/mol. The Labute approximate surface area is 107 Å². The smallest absolute Gasteiger partial charge is 0.332 e. The molecule has 0 aliphatic carbocycles. The first-order chi connectivity index (χ1) is 8.16. The van der Waals surface area contributed by atoms with Crippen molar-refractivity contribution in [3.63, 3.8) is 0 Å². The van der Waals surface area contributed by atoms with Crippen LogP contribution in [0.2, 0.25) is 0 Å². The van der Waals surface area contributed by atoms with E-state index in [0.717, 1.165) is 20.8 Å². The van der Waals surface area contributed by atoms with Crippen LogP contribution < -0.4 is 11.2 Å². The highest BCUT2D eigenvalue weighted by Gasteiger charge is 1.98. The van der Waals surface area contributed by atoms with Crippen LogP contribution in [0.25, 0.3) is 10.8 Å². The fourth-order valence-electron chi connectivity index (χ4n) is 1.51. The third kappa shape index (κ3) is 2.82. The predicted octanol–water partition coefficient (Wildman–Crippen LogP) is 2.60. The molecule has 4 nitrogen and oxygen atoms in total. The number of primary amides is 1. The van der Waals surface area contributed by atoms with Crippen LogP contribution >= 0.6 is 15.9 Å². The molecule has 0 saturated heterocycles. The first kappa shape index (κ1) is 11.6. The maximum atomic E-state index is 10.4. The number of amides is 2. The molecule has 0 aromatic heterocycles. The molecule has 2 rings (SSSR count). The Morgan fingerprint density at radius 1 is 1.35 bits per heavy atom. The molecule has 3 N–H and O–H groups in total. The van der Waals surface area contributed by atoms with Crippen LogP contribution in [0.3, 0.4) is 0 Å². The van der Waals surface area contributed by atoms with Crippen LogP contribution in [0.1, 0.15) is 5.56 Å². The number of hydrogen-bond donors (Lipinski definition) is 2. The number of hydrazone groups is 1. The number of halogens is 1. The molecule has 0 saturated carbocycles. The van der Waals surface area contributed by atoms with Crippen molar-refractivity contribution < 1.29 is 4.79 Å². The maximum absolute atomic E-state index is 10.4. The summed E-state index contributed by atoms with van der Waals surface area (Å²) >= 11 is 3.49. The van der Waals surface area contributed by atoms with Gasteiger partial charge in [-0.1, -0.05) is 40.2 Å². The van der Waals surface area contributed by atoms with Crippen LogP contribution in [0, 0.1) is 0 Å². The van der Waals surface area contributed by atoms with E-state index >= 15 is 0 Å². The minimum atomic E-state index is -0.676. The van der Waals surface area contributed by atoms with Gasteiger partial charge in [0, 0.05) is 4.47 Å². The number of fused-ring (bicyclic) bond motifs is 1. The van der Waals surface area contributed by atoms with Crippen LogP contribution in [0.5, 0.6) is 0 Å². The molecule has 17 heavy (non-hydrogen) atoms. The molecular formula is C12H10BrN3O. The molecule has 0 radical (unpaired) electrons. The van der Waals surface area contributed by atoms with Gasteiger partial charge in [0.1, 0.15) is 0 Å². The summed E-state index contributed by atoms with van der Waals surface area (Å²) in [6.07, 6.45) is 1.55. The van der Waals surface area contributed by atoms with Crippen molar-refractivity contribution in [1.29, 1.82) is 0 Å². The number of carbonyl (C=O) groups is 1. The maximum Gasteiger partial charge on any atom is 0.332 e. The summed E-state index contributed by atoms with van der Waals surface area (Å²) in [5.41, 5.74) is 7.94. The molecule has 5 heteroatoms. The van der Waals surface area contributed by atoms with Crippen LogP contribution in [-0.4, -0.2) is 12.2 Å². The van der Waals surface area contributed by atoms with E-state index in [1.165, 1.54) is 0 Å². The van der Waals surface area contributed by atoms with Crippen molar-refractivity contribution in [2.45, 2.75) is 0 Å². The lowest BCUT2D eigenvalue weighted by atomic mass is 10.1. The number of hydrogen-bond acceptors (Lipinski definition) is 2. The van der Waals surface area contributed by atoms with Gasteiger partial charge in [0.05, 0.1) is 6.21 Å². The Hall–Kier alpha value is -1.88. The van der Waals surface area contributed by atoms with Crippen molar-refractivity contribution in [3.8, 4) is 0 Å². The van der Waals surface area contributed by atoms with Gasteiger partial charge in [-0.3, -0.25) is 0 Å². The SMILES string of the molecule is NC(=O)NN=Cc1ccc2c(Br)cccc2c1. The third-order valence-electron chi connectivity index (χ3n) is 2.24. The molecule has 2 aromatic rings. The lowest BCUT2D eigenvalue weighted by molar-refractivity contribution is 0.249. The molecule has 2 aromatic carbocycles. The van der Waals surface area contributed by atoms with Crippen molar-refractivity contribution in [1.82, 2.24) is 5.43 Å². The predicted molar refractivity (Wildman–Crippen MR) is 72.0 cm³/mol. The summed E-state index contributed by atoms with van der Waals surface area (Å²) in [6, 6.07) is 11.2. The first-order valence-electron chi connectivity index (χ1n) is 4.93. The fourth-order valence-corrected chi connectivity index (χ4v) is 2.03. The zero-order chi connectivity index (χ0) is 12.3. The highest BCUT2D eigenvalue weighted by Crippen LogP contribution is 2.24. The molecule has 0 unspecified atom stereocenters. The first-order valence-corrected chi connectivity index (χ1v) is 5.73. The molecule has 0 spiro atoms. The fraction of sp³-hybridized carbons (Fsp3) is 0. The van der Waals surface area contributed by atoms with E-state index < -0.39 is 6.03 Å². The summed E-state index contributed by atoms with van der Waals surface area (Å²) in [7, 11) is 0. The lowest BCUT2D eigenvalue weighted by Gasteiger charge is -2.01. The summed E-state index contributed by atoms with van der Waals surface area (Å²) in [5.74, 6) is 0. The van der Waals surface area contributed by atoms with E-state index in [0.29, 0.717) is 0 Å². The van der Waals surface area contributed by atoms with E-state index in [2.05, 4.69) is 26.5 Å². The average molecular weight is 292 g/mol. The van der Waals surface area contributed by atoms with E-state index in [9.17, 15) is 4.79 Å². The number of nitrogens with one attached hydrogen (secondary N) is 1. The van der Waals surface area contributed by atoms with Crippen LogP contribution in [0.4, 0.5) is 4.79 Å². The number of urea groups is 1. The van der Waals surface area contributed by atoms with Gasteiger partial charge < -0.3 is 5.73 Å². The van der Waals surface area contributed by atoms with E-state index in [4.69, 9.17) is 5.73 Å². The van der Waals surface area contributed by atoms with Crippen LogP contribution in [-0.2, 0) is 0 Å². The second-order valence-corrected chi connectivity index (χ2v) is 4.31. The Morgan fingerprint density at radius 2 is 2.18 bits per heavy atom. The van der Waals surface area contributed by atoms with E-state index in [1.54, 1.807) is 6.21 Å². The van der Waals surface area contributed by atoms with Crippen molar-refractivity contribution in [3.05, 3.63) is 46.4 Å². The highest BCUT2D eigenvalue weighted by molar-refractivity contribution is 9.10. The summed E-state index contributed by atoms with van der Waals surface area (Å²) in [6.45, 7) is 0.